The van der Waals surface area contributed by atoms with Crippen LogP contribution in [-0.4, -0.2) is 37.5 Å². The second kappa shape index (κ2) is 5.61. The van der Waals surface area contributed by atoms with Crippen molar-refractivity contribution in [3.63, 3.8) is 0 Å². The predicted octanol–water partition coefficient (Wildman–Crippen LogP) is 1.62. The van der Waals surface area contributed by atoms with Crippen molar-refractivity contribution >= 4 is 17.7 Å². The molecular formula is C18H18O6. The van der Waals surface area contributed by atoms with E-state index in [1.807, 2.05) is 0 Å². The van der Waals surface area contributed by atoms with Gasteiger partial charge in [0, 0.05) is 11.5 Å². The smallest absolute Gasteiger partial charge is 0.310 e. The maximum absolute atomic E-state index is 12.4. The Morgan fingerprint density at radius 2 is 2.12 bits per heavy atom. The zero-order chi connectivity index (χ0) is 16.8. The monoisotopic (exact) mass is 330 g/mol. The molecule has 126 valence electrons. The summed E-state index contributed by atoms with van der Waals surface area (Å²) in [5.74, 6) is -1.03. The minimum Gasteiger partial charge on any atom is -0.497 e. The first-order chi connectivity index (χ1) is 11.6. The van der Waals surface area contributed by atoms with Crippen LogP contribution in [0.5, 0.6) is 5.75 Å². The molecule has 2 bridgehead atoms. The van der Waals surface area contributed by atoms with Gasteiger partial charge in [-0.2, -0.15) is 0 Å². The molecule has 5 atom stereocenters. The van der Waals surface area contributed by atoms with Crippen LogP contribution in [0, 0.1) is 23.7 Å². The number of hydrogen-bond donors (Lipinski definition) is 0. The fourth-order valence-corrected chi connectivity index (χ4v) is 4.44. The largest absolute Gasteiger partial charge is 0.497 e. The Morgan fingerprint density at radius 3 is 2.92 bits per heavy atom. The van der Waals surface area contributed by atoms with Gasteiger partial charge in [0.25, 0.3) is 0 Å². The number of ether oxygens (including phenoxy) is 3. The lowest BCUT2D eigenvalue weighted by atomic mass is 9.80. The summed E-state index contributed by atoms with van der Waals surface area (Å²) in [7, 11) is 1.52. The highest BCUT2D eigenvalue weighted by Gasteiger charge is 2.64. The molecule has 1 heterocycles. The van der Waals surface area contributed by atoms with Crippen molar-refractivity contribution in [1.29, 1.82) is 0 Å². The maximum Gasteiger partial charge on any atom is 0.310 e. The average Bonchev–Trinajstić information content (AvgIpc) is 3.21. The highest BCUT2D eigenvalue weighted by atomic mass is 16.6. The second-order valence-corrected chi connectivity index (χ2v) is 6.69. The highest BCUT2D eigenvalue weighted by Crippen LogP contribution is 2.57. The molecule has 0 aromatic heterocycles. The number of ketones is 1. The van der Waals surface area contributed by atoms with E-state index in [1.165, 1.54) is 7.11 Å². The molecule has 4 rings (SSSR count). The van der Waals surface area contributed by atoms with Gasteiger partial charge in [-0.25, -0.2) is 0 Å². The van der Waals surface area contributed by atoms with Crippen molar-refractivity contribution in [2.45, 2.75) is 18.9 Å². The maximum atomic E-state index is 12.4. The first kappa shape index (κ1) is 15.2. The molecule has 6 heteroatoms. The molecule has 0 unspecified atom stereocenters. The molecule has 0 N–H and O–H groups in total. The summed E-state index contributed by atoms with van der Waals surface area (Å²) in [5.41, 5.74) is 0.426. The van der Waals surface area contributed by atoms with Crippen molar-refractivity contribution in [2.75, 3.05) is 13.7 Å². The number of hydrogen-bond acceptors (Lipinski definition) is 6. The van der Waals surface area contributed by atoms with Crippen LogP contribution >= 0.6 is 0 Å². The van der Waals surface area contributed by atoms with Crippen molar-refractivity contribution < 1.29 is 28.6 Å². The standard InChI is InChI=1S/C18H18O6/c1-22-11-4-2-3-9(5-11)13(19)8-23-17(20)15-10-6-12-14(7-10)24-18(21)16(12)15/h2-5,10,12,14-16H,6-8H2,1H3/t10-,12+,14-,15-,16-/m1/s1. The third kappa shape index (κ3) is 2.28. The van der Waals surface area contributed by atoms with Gasteiger partial charge < -0.3 is 14.2 Å². The van der Waals surface area contributed by atoms with E-state index in [2.05, 4.69) is 0 Å². The van der Waals surface area contributed by atoms with Gasteiger partial charge >= 0.3 is 11.9 Å². The lowest BCUT2D eigenvalue weighted by molar-refractivity contribution is -0.154. The third-order valence-corrected chi connectivity index (χ3v) is 5.49. The number of methoxy groups -OCH3 is 1. The zero-order valence-corrected chi connectivity index (χ0v) is 13.3. The molecule has 0 spiro atoms. The highest BCUT2D eigenvalue weighted by molar-refractivity contribution is 5.98. The summed E-state index contributed by atoms with van der Waals surface area (Å²) in [6.07, 6.45) is 1.55. The Bertz CT molecular complexity index is 709. The number of esters is 2. The minimum absolute atomic E-state index is 0.0186. The van der Waals surface area contributed by atoms with Crippen molar-refractivity contribution in [2.24, 2.45) is 23.7 Å². The topological polar surface area (TPSA) is 78.9 Å². The first-order valence-corrected chi connectivity index (χ1v) is 8.13. The molecular weight excluding hydrogens is 312 g/mol. The van der Waals surface area contributed by atoms with Crippen LogP contribution in [0.2, 0.25) is 0 Å². The Morgan fingerprint density at radius 1 is 1.29 bits per heavy atom. The van der Waals surface area contributed by atoms with Crippen LogP contribution in [-0.2, 0) is 19.1 Å². The van der Waals surface area contributed by atoms with Crippen LogP contribution in [0.3, 0.4) is 0 Å². The molecule has 0 radical (unpaired) electrons. The molecule has 1 aliphatic heterocycles. The van der Waals surface area contributed by atoms with Gasteiger partial charge in [-0.1, -0.05) is 12.1 Å². The molecule has 2 saturated carbocycles. The fraction of sp³-hybridized carbons (Fsp3) is 0.500. The minimum atomic E-state index is -0.459. The first-order valence-electron chi connectivity index (χ1n) is 8.13. The van der Waals surface area contributed by atoms with E-state index in [1.54, 1.807) is 24.3 Å². The van der Waals surface area contributed by atoms with Crippen LogP contribution in [0.25, 0.3) is 0 Å². The van der Waals surface area contributed by atoms with Gasteiger partial charge in [-0.3, -0.25) is 14.4 Å². The summed E-state index contributed by atoms with van der Waals surface area (Å²) >= 11 is 0. The Labute approximate surface area is 139 Å². The number of benzene rings is 1. The number of rotatable bonds is 5. The van der Waals surface area contributed by atoms with E-state index in [-0.39, 0.29) is 42.2 Å². The zero-order valence-electron chi connectivity index (χ0n) is 13.3. The lowest BCUT2D eigenvalue weighted by Crippen LogP contribution is -2.34. The number of carbonyl (C=O) groups is 3. The van der Waals surface area contributed by atoms with Crippen LogP contribution in [0.1, 0.15) is 23.2 Å². The molecule has 1 aromatic carbocycles. The van der Waals surface area contributed by atoms with Gasteiger partial charge in [0.2, 0.25) is 0 Å². The van der Waals surface area contributed by atoms with Crippen LogP contribution in [0.15, 0.2) is 24.3 Å². The molecule has 1 saturated heterocycles. The van der Waals surface area contributed by atoms with Crippen molar-refractivity contribution in [1.82, 2.24) is 0 Å². The van der Waals surface area contributed by atoms with E-state index in [0.29, 0.717) is 11.3 Å². The quantitative estimate of drug-likeness (QED) is 0.603. The van der Waals surface area contributed by atoms with Crippen molar-refractivity contribution in [3.8, 4) is 5.75 Å². The Balaban J connectivity index is 1.40. The van der Waals surface area contributed by atoms with Gasteiger partial charge in [0.05, 0.1) is 18.9 Å². The van der Waals surface area contributed by atoms with Crippen LogP contribution < -0.4 is 4.74 Å². The summed E-state index contributed by atoms with van der Waals surface area (Å²) < 4.78 is 15.6. The molecule has 2 aliphatic carbocycles. The van der Waals surface area contributed by atoms with E-state index in [4.69, 9.17) is 14.2 Å². The molecule has 6 nitrogen and oxygen atoms in total. The third-order valence-electron chi connectivity index (χ3n) is 5.49. The predicted molar refractivity (Wildman–Crippen MR) is 81.4 cm³/mol. The number of carbonyl (C=O) groups excluding carboxylic acids is 3. The lowest BCUT2D eigenvalue weighted by Gasteiger charge is -2.22. The summed E-state index contributed by atoms with van der Waals surface area (Å²) in [6.45, 7) is -0.328. The van der Waals surface area contributed by atoms with Gasteiger partial charge in [-0.05, 0) is 30.9 Å². The molecule has 3 fully saturated rings. The number of Topliss-reactive ketones (excluding diaryl/α,β-unsaturated/α-hetero) is 1. The van der Waals surface area contributed by atoms with E-state index in [0.717, 1.165) is 12.8 Å². The summed E-state index contributed by atoms with van der Waals surface area (Å²) in [6, 6.07) is 6.69. The summed E-state index contributed by atoms with van der Waals surface area (Å²) in [5, 5.41) is 0. The van der Waals surface area contributed by atoms with Gasteiger partial charge in [0.15, 0.2) is 12.4 Å². The SMILES string of the molecule is COc1cccc(C(=O)COC(=O)[C@@H]2[C@@H]3C[C@@H]4[C@H]2C(=O)O[C@@H]4C3)c1. The van der Waals surface area contributed by atoms with Gasteiger partial charge in [0.1, 0.15) is 11.9 Å². The second-order valence-electron chi connectivity index (χ2n) is 6.69. The van der Waals surface area contributed by atoms with Crippen molar-refractivity contribution in [3.05, 3.63) is 29.8 Å². The van der Waals surface area contributed by atoms with E-state index >= 15 is 0 Å². The average molecular weight is 330 g/mol. The Kier molecular flexibility index (Phi) is 3.55. The molecule has 24 heavy (non-hydrogen) atoms. The van der Waals surface area contributed by atoms with E-state index < -0.39 is 11.9 Å². The molecule has 0 amide bonds. The number of fused-ring (bicyclic) bond motifs is 1. The molecule has 3 aliphatic rings. The Hall–Kier alpha value is -2.37. The van der Waals surface area contributed by atoms with E-state index in [9.17, 15) is 14.4 Å². The van der Waals surface area contributed by atoms with Crippen LogP contribution in [0.4, 0.5) is 0 Å². The molecule has 1 aromatic rings. The fourth-order valence-electron chi connectivity index (χ4n) is 4.44. The normalized spacial score (nSPS) is 32.5. The summed E-state index contributed by atoms with van der Waals surface area (Å²) in [4.78, 5) is 36.5. The van der Waals surface area contributed by atoms with Gasteiger partial charge in [-0.15, -0.1) is 0 Å².